The maximum absolute atomic E-state index is 15.2. The van der Waals surface area contributed by atoms with Crippen molar-refractivity contribution in [3.8, 4) is 10.7 Å². The lowest BCUT2D eigenvalue weighted by Gasteiger charge is -2.35. The SMILES string of the molecule is CCOC(=O)c1nc(-c2ccc(S(=O)(=O)N3CCNCC3CCCc3c(F)cncc3NC(=O)CC(c3ccc(F)cc3)c3cc(F)cc(F)c3)s2)no1. The number of piperazine rings is 1. The van der Waals surface area contributed by atoms with Crippen LogP contribution in [0.4, 0.5) is 23.2 Å². The number of hydrogen-bond acceptors (Lipinski definition) is 11. The molecule has 0 bridgehead atoms. The summed E-state index contributed by atoms with van der Waals surface area (Å²) >= 11 is 0.923. The fraction of sp³-hybridized carbons (Fsp3) is 0.306. The van der Waals surface area contributed by atoms with Gasteiger partial charge >= 0.3 is 11.9 Å². The number of rotatable bonds is 14. The van der Waals surface area contributed by atoms with Crippen molar-refractivity contribution in [3.05, 3.63) is 113 Å². The van der Waals surface area contributed by atoms with Gasteiger partial charge in [0.1, 0.15) is 27.5 Å². The van der Waals surface area contributed by atoms with Gasteiger partial charge in [-0.15, -0.1) is 11.3 Å². The van der Waals surface area contributed by atoms with E-state index in [9.17, 15) is 31.2 Å². The van der Waals surface area contributed by atoms with Crippen molar-refractivity contribution in [1.29, 1.82) is 0 Å². The highest BCUT2D eigenvalue weighted by Crippen LogP contribution is 2.34. The molecule has 54 heavy (non-hydrogen) atoms. The molecule has 18 heteroatoms. The van der Waals surface area contributed by atoms with Crippen molar-refractivity contribution in [1.82, 2.24) is 24.7 Å². The average molecular weight is 787 g/mol. The molecule has 6 rings (SSSR count). The van der Waals surface area contributed by atoms with Crippen LogP contribution in [0.2, 0.25) is 0 Å². The Hall–Kier alpha value is -5.04. The Morgan fingerprint density at radius 1 is 1.04 bits per heavy atom. The summed E-state index contributed by atoms with van der Waals surface area (Å²) in [5.41, 5.74) is 0.834. The second-order valence-corrected chi connectivity index (χ2v) is 15.5. The fourth-order valence-electron chi connectivity index (χ4n) is 6.22. The van der Waals surface area contributed by atoms with Crippen LogP contribution in [-0.4, -0.2) is 72.0 Å². The van der Waals surface area contributed by atoms with Crippen LogP contribution in [-0.2, 0) is 26.0 Å². The topological polar surface area (TPSA) is 157 Å². The molecule has 5 aromatic rings. The van der Waals surface area contributed by atoms with Crippen molar-refractivity contribution in [2.75, 3.05) is 31.6 Å². The minimum Gasteiger partial charge on any atom is -0.459 e. The van der Waals surface area contributed by atoms with E-state index in [0.29, 0.717) is 42.4 Å². The number of carbonyl (C=O) groups is 2. The van der Waals surface area contributed by atoms with Crippen molar-refractivity contribution in [2.24, 2.45) is 0 Å². The van der Waals surface area contributed by atoms with Crippen LogP contribution >= 0.6 is 11.3 Å². The smallest absolute Gasteiger partial charge is 0.397 e. The number of pyridine rings is 1. The Kier molecular flexibility index (Phi) is 12.2. The van der Waals surface area contributed by atoms with Gasteiger partial charge in [-0.1, -0.05) is 17.3 Å². The molecule has 4 heterocycles. The highest BCUT2D eigenvalue weighted by atomic mass is 32.2. The van der Waals surface area contributed by atoms with Crippen molar-refractivity contribution in [3.63, 3.8) is 0 Å². The van der Waals surface area contributed by atoms with Gasteiger partial charge in [-0.25, -0.2) is 30.8 Å². The number of aromatic nitrogens is 3. The Bertz CT molecular complexity index is 2210. The molecular formula is C36H34F4N6O6S2. The van der Waals surface area contributed by atoms with E-state index in [0.717, 1.165) is 29.7 Å². The van der Waals surface area contributed by atoms with E-state index in [4.69, 9.17) is 9.26 Å². The predicted octanol–water partition coefficient (Wildman–Crippen LogP) is 6.07. The maximum atomic E-state index is 15.2. The fourth-order valence-corrected chi connectivity index (χ4v) is 9.24. The number of sulfonamides is 1. The highest BCUT2D eigenvalue weighted by Gasteiger charge is 2.35. The minimum absolute atomic E-state index is 0.0389. The van der Waals surface area contributed by atoms with Gasteiger partial charge in [0, 0.05) is 49.6 Å². The predicted molar refractivity (Wildman–Crippen MR) is 189 cm³/mol. The van der Waals surface area contributed by atoms with Crippen LogP contribution in [0.15, 0.2) is 75.7 Å². The normalized spacial score (nSPS) is 15.5. The first kappa shape index (κ1) is 38.7. The van der Waals surface area contributed by atoms with Gasteiger partial charge in [0.15, 0.2) is 0 Å². The molecule has 12 nitrogen and oxygen atoms in total. The summed E-state index contributed by atoms with van der Waals surface area (Å²) in [6.07, 6.45) is 2.78. The summed E-state index contributed by atoms with van der Waals surface area (Å²) in [7, 11) is -3.98. The second kappa shape index (κ2) is 17.0. The summed E-state index contributed by atoms with van der Waals surface area (Å²) in [5, 5.41) is 9.65. The molecule has 0 saturated carbocycles. The van der Waals surface area contributed by atoms with E-state index in [-0.39, 0.29) is 58.7 Å². The van der Waals surface area contributed by atoms with E-state index in [1.165, 1.54) is 46.9 Å². The van der Waals surface area contributed by atoms with Gasteiger partial charge in [-0.2, -0.15) is 9.29 Å². The number of benzene rings is 2. The number of thiophene rings is 1. The molecule has 1 amide bonds. The molecule has 0 radical (unpaired) electrons. The lowest BCUT2D eigenvalue weighted by molar-refractivity contribution is -0.116. The van der Waals surface area contributed by atoms with Crippen molar-refractivity contribution in [2.45, 2.75) is 48.8 Å². The van der Waals surface area contributed by atoms with Gasteiger partial charge in [0.2, 0.25) is 11.7 Å². The minimum atomic E-state index is -3.98. The van der Waals surface area contributed by atoms with Crippen LogP contribution in [0.25, 0.3) is 10.7 Å². The Balaban J connectivity index is 1.13. The average Bonchev–Trinajstić information content (AvgIpc) is 3.84. The summed E-state index contributed by atoms with van der Waals surface area (Å²) in [6, 6.07) is 10.6. The molecule has 3 aromatic heterocycles. The second-order valence-electron chi connectivity index (χ2n) is 12.3. The van der Waals surface area contributed by atoms with E-state index in [2.05, 4.69) is 25.8 Å². The van der Waals surface area contributed by atoms with E-state index in [1.807, 2.05) is 0 Å². The number of hydrogen-bond donors (Lipinski definition) is 2. The number of amides is 1. The third-order valence-electron chi connectivity index (χ3n) is 8.73. The number of halogens is 4. The van der Waals surface area contributed by atoms with Gasteiger partial charge in [-0.3, -0.25) is 9.78 Å². The standard InChI is InChI=1S/C36H34F4N6O6S2/c1-2-51-36(48)35-44-34(45-52-35)31-10-11-33(53-31)54(49,50)46-13-12-41-18-26(46)4-3-5-27-29(40)19-42-20-30(27)43-32(47)17-28(21-6-8-23(37)9-7-21)22-14-24(38)16-25(39)15-22/h6-11,14-16,19-20,26,28,41H,2-5,12-13,17-18H2,1H3,(H,43,47). The molecule has 1 aliphatic heterocycles. The van der Waals surface area contributed by atoms with Gasteiger partial charge in [0.25, 0.3) is 10.0 Å². The van der Waals surface area contributed by atoms with Crippen molar-refractivity contribution < 1.29 is 44.8 Å². The first-order chi connectivity index (χ1) is 25.9. The molecule has 0 aliphatic carbocycles. The zero-order chi connectivity index (χ0) is 38.4. The third-order valence-corrected chi connectivity index (χ3v) is 12.2. The zero-order valence-electron chi connectivity index (χ0n) is 28.7. The maximum Gasteiger partial charge on any atom is 0.397 e. The number of carbonyl (C=O) groups excluding carboxylic acids is 2. The zero-order valence-corrected chi connectivity index (χ0v) is 30.4. The van der Waals surface area contributed by atoms with Crippen molar-refractivity contribution >= 4 is 38.9 Å². The molecule has 2 aromatic carbocycles. The summed E-state index contributed by atoms with van der Waals surface area (Å²) < 4.78 is 96.2. The third kappa shape index (κ3) is 9.00. The van der Waals surface area contributed by atoms with Gasteiger partial charge < -0.3 is 19.9 Å². The molecule has 284 valence electrons. The first-order valence-electron chi connectivity index (χ1n) is 16.9. The van der Waals surface area contributed by atoms with Crippen LogP contribution in [0.5, 0.6) is 0 Å². The highest BCUT2D eigenvalue weighted by molar-refractivity contribution is 7.91. The van der Waals surface area contributed by atoms with Crippen LogP contribution in [0.1, 0.15) is 59.5 Å². The van der Waals surface area contributed by atoms with Gasteiger partial charge in [0.05, 0.1) is 29.6 Å². The lowest BCUT2D eigenvalue weighted by Crippen LogP contribution is -2.53. The Morgan fingerprint density at radius 3 is 2.54 bits per heavy atom. The van der Waals surface area contributed by atoms with Crippen LogP contribution in [0, 0.1) is 23.3 Å². The lowest BCUT2D eigenvalue weighted by atomic mass is 9.88. The van der Waals surface area contributed by atoms with E-state index >= 15 is 4.39 Å². The Morgan fingerprint density at radius 2 is 1.80 bits per heavy atom. The monoisotopic (exact) mass is 786 g/mol. The molecule has 2 N–H and O–H groups in total. The van der Waals surface area contributed by atoms with E-state index < -0.39 is 57.1 Å². The number of anilines is 1. The quantitative estimate of drug-likeness (QED) is 0.100. The van der Waals surface area contributed by atoms with Crippen LogP contribution in [0.3, 0.4) is 0 Å². The number of nitrogens with zero attached hydrogens (tertiary/aromatic N) is 4. The largest absolute Gasteiger partial charge is 0.459 e. The summed E-state index contributed by atoms with van der Waals surface area (Å²) in [6.45, 7) is 2.69. The molecule has 2 atom stereocenters. The molecular weight excluding hydrogens is 753 g/mol. The summed E-state index contributed by atoms with van der Waals surface area (Å²) in [5.74, 6) is -5.47. The van der Waals surface area contributed by atoms with Gasteiger partial charge in [-0.05, 0) is 73.7 Å². The molecule has 1 saturated heterocycles. The summed E-state index contributed by atoms with van der Waals surface area (Å²) in [4.78, 5) is 33.6. The Labute approximate surface area is 311 Å². The van der Waals surface area contributed by atoms with E-state index in [1.54, 1.807) is 6.92 Å². The molecule has 2 unspecified atom stereocenters. The molecule has 0 spiro atoms. The molecule has 1 fully saturated rings. The number of nitrogens with one attached hydrogen (secondary N) is 2. The van der Waals surface area contributed by atoms with Crippen LogP contribution < -0.4 is 10.6 Å². The first-order valence-corrected chi connectivity index (χ1v) is 19.2. The molecule has 1 aliphatic rings. The number of ether oxygens (including phenoxy) is 1. The number of esters is 1.